The molecule has 0 saturated heterocycles. The lowest BCUT2D eigenvalue weighted by Gasteiger charge is -2.13. The number of hydrogen-bond acceptors (Lipinski definition) is 3. The quantitative estimate of drug-likeness (QED) is 0.319. The Morgan fingerprint density at radius 2 is 1.43 bits per heavy atom. The van der Waals surface area contributed by atoms with E-state index in [2.05, 4.69) is 15.4 Å². The summed E-state index contributed by atoms with van der Waals surface area (Å²) in [5, 5.41) is 7.53. The molecule has 0 atom stereocenters. The largest absolute Gasteiger partial charge is 0.332 e. The summed E-state index contributed by atoms with van der Waals surface area (Å²) in [4.78, 5) is 0.0564. The normalized spacial score (nSPS) is 11.1. The van der Waals surface area contributed by atoms with Crippen LogP contribution in [-0.4, -0.2) is 13.5 Å². The Morgan fingerprint density at radius 1 is 0.800 bits per heavy atom. The van der Waals surface area contributed by atoms with Gasteiger partial charge in [0.25, 0.3) is 10.0 Å². The Labute approximate surface area is 199 Å². The molecule has 5 nitrogen and oxygen atoms in total. The van der Waals surface area contributed by atoms with E-state index in [-0.39, 0.29) is 15.7 Å². The lowest BCUT2D eigenvalue weighted by Crippen LogP contribution is -2.19. The Balaban J connectivity index is 1.69. The summed E-state index contributed by atoms with van der Waals surface area (Å²) in [5.41, 5.74) is 1.39. The van der Waals surface area contributed by atoms with Gasteiger partial charge in [0.2, 0.25) is 0 Å². The van der Waals surface area contributed by atoms with Crippen LogP contribution in [0.4, 0.5) is 17.1 Å². The highest BCUT2D eigenvalue weighted by Gasteiger charge is 2.15. The second-order valence-electron chi connectivity index (χ2n) is 5.97. The van der Waals surface area contributed by atoms with Gasteiger partial charge >= 0.3 is 0 Å². The van der Waals surface area contributed by atoms with Gasteiger partial charge in [0.15, 0.2) is 5.11 Å². The Hall–Kier alpha value is -1.74. The van der Waals surface area contributed by atoms with Crippen molar-refractivity contribution in [3.63, 3.8) is 0 Å². The summed E-state index contributed by atoms with van der Waals surface area (Å²) in [6.45, 7) is 0. The average molecular weight is 521 g/mol. The molecule has 3 rings (SSSR count). The fraction of sp³-hybridized carbons (Fsp3) is 0. The monoisotopic (exact) mass is 519 g/mol. The molecule has 3 aromatic carbocycles. The van der Waals surface area contributed by atoms with E-state index in [0.29, 0.717) is 31.5 Å². The van der Waals surface area contributed by atoms with Crippen LogP contribution < -0.4 is 15.4 Å². The summed E-state index contributed by atoms with van der Waals surface area (Å²) in [6.07, 6.45) is 0. The molecule has 11 heteroatoms. The maximum Gasteiger partial charge on any atom is 0.261 e. The van der Waals surface area contributed by atoms with Crippen molar-refractivity contribution in [3.8, 4) is 0 Å². The minimum absolute atomic E-state index is 0.0564. The zero-order chi connectivity index (χ0) is 21.9. The first-order valence-electron chi connectivity index (χ1n) is 8.25. The third-order valence-electron chi connectivity index (χ3n) is 3.74. The highest BCUT2D eigenvalue weighted by atomic mass is 35.5. The molecule has 0 amide bonds. The highest BCUT2D eigenvalue weighted by molar-refractivity contribution is 7.92. The lowest BCUT2D eigenvalue weighted by molar-refractivity contribution is 0.601. The van der Waals surface area contributed by atoms with Crippen molar-refractivity contribution in [1.29, 1.82) is 0 Å². The van der Waals surface area contributed by atoms with Gasteiger partial charge in [0.1, 0.15) is 0 Å². The molecule has 30 heavy (non-hydrogen) atoms. The van der Waals surface area contributed by atoms with Gasteiger partial charge in [-0.3, -0.25) is 4.72 Å². The van der Waals surface area contributed by atoms with E-state index in [0.717, 1.165) is 0 Å². The number of anilines is 3. The second-order valence-corrected chi connectivity index (χ2v) is 9.72. The van der Waals surface area contributed by atoms with Crippen LogP contribution in [0.2, 0.25) is 20.1 Å². The number of halogens is 4. The number of rotatable bonds is 5. The van der Waals surface area contributed by atoms with Crippen LogP contribution in [0.1, 0.15) is 0 Å². The van der Waals surface area contributed by atoms with Crippen LogP contribution >= 0.6 is 58.6 Å². The molecule has 0 aromatic heterocycles. The standard InChI is InChI=1S/C19H13Cl4N3O2S2/c20-11-8-12(21)10-14(9-11)26-30(27,28)15-6-4-13(5-7-15)24-19(29)25-17-3-1-2-16(22)18(17)23/h1-10,26H,(H2,24,25,29). The van der Waals surface area contributed by atoms with Gasteiger partial charge in [-0.15, -0.1) is 0 Å². The summed E-state index contributed by atoms with van der Waals surface area (Å²) < 4.78 is 27.6. The summed E-state index contributed by atoms with van der Waals surface area (Å²) in [6, 6.07) is 15.6. The molecular weight excluding hydrogens is 508 g/mol. The predicted molar refractivity (Wildman–Crippen MR) is 130 cm³/mol. The van der Waals surface area contributed by atoms with Gasteiger partial charge in [-0.25, -0.2) is 8.42 Å². The van der Waals surface area contributed by atoms with Crippen LogP contribution in [0.15, 0.2) is 65.6 Å². The number of thiocarbonyl (C=S) groups is 1. The predicted octanol–water partition coefficient (Wildman–Crippen LogP) is 6.91. The molecule has 0 aliphatic rings. The first-order chi connectivity index (χ1) is 14.1. The maximum atomic E-state index is 12.6. The van der Waals surface area contributed by atoms with Gasteiger partial charge in [0.05, 0.1) is 26.3 Å². The second kappa shape index (κ2) is 9.60. The van der Waals surface area contributed by atoms with Gasteiger partial charge < -0.3 is 10.6 Å². The van der Waals surface area contributed by atoms with E-state index in [1.165, 1.54) is 30.3 Å². The molecule has 3 N–H and O–H groups in total. The lowest BCUT2D eigenvalue weighted by atomic mass is 10.3. The zero-order valence-corrected chi connectivity index (χ0v) is 19.6. The van der Waals surface area contributed by atoms with E-state index < -0.39 is 10.0 Å². The minimum Gasteiger partial charge on any atom is -0.332 e. The Bertz CT molecular complexity index is 1180. The highest BCUT2D eigenvalue weighted by Crippen LogP contribution is 2.30. The van der Waals surface area contributed by atoms with E-state index in [1.54, 1.807) is 30.3 Å². The molecule has 0 heterocycles. The molecule has 0 unspecified atom stereocenters. The van der Waals surface area contributed by atoms with E-state index in [9.17, 15) is 8.42 Å². The SMILES string of the molecule is O=S(=O)(Nc1cc(Cl)cc(Cl)c1)c1ccc(NC(=S)Nc2cccc(Cl)c2Cl)cc1. The average Bonchev–Trinajstić information content (AvgIpc) is 2.64. The zero-order valence-electron chi connectivity index (χ0n) is 14.9. The molecule has 0 fully saturated rings. The first-order valence-corrected chi connectivity index (χ1v) is 11.7. The van der Waals surface area contributed by atoms with Crippen molar-refractivity contribution in [2.45, 2.75) is 4.90 Å². The van der Waals surface area contributed by atoms with E-state index in [1.807, 2.05) is 0 Å². The number of sulfonamides is 1. The van der Waals surface area contributed by atoms with Gasteiger partial charge in [0, 0.05) is 15.7 Å². The summed E-state index contributed by atoms with van der Waals surface area (Å²) in [5.74, 6) is 0. The van der Waals surface area contributed by atoms with Crippen LogP contribution in [0.5, 0.6) is 0 Å². The molecule has 3 aromatic rings. The number of nitrogens with one attached hydrogen (secondary N) is 3. The van der Waals surface area contributed by atoms with Crippen molar-refractivity contribution >= 4 is 90.8 Å². The fourth-order valence-electron chi connectivity index (χ4n) is 2.43. The topological polar surface area (TPSA) is 70.2 Å². The van der Waals surface area contributed by atoms with Crippen LogP contribution in [0, 0.1) is 0 Å². The van der Waals surface area contributed by atoms with E-state index in [4.69, 9.17) is 58.6 Å². The third-order valence-corrected chi connectivity index (χ3v) is 6.59. The molecule has 0 radical (unpaired) electrons. The van der Waals surface area contributed by atoms with Gasteiger partial charge in [-0.05, 0) is 66.8 Å². The molecule has 156 valence electrons. The third kappa shape index (κ3) is 5.91. The number of benzene rings is 3. The van der Waals surface area contributed by atoms with Crippen molar-refractivity contribution in [2.24, 2.45) is 0 Å². The molecule has 0 spiro atoms. The van der Waals surface area contributed by atoms with Crippen LogP contribution in [-0.2, 0) is 10.0 Å². The smallest absolute Gasteiger partial charge is 0.261 e. The van der Waals surface area contributed by atoms with E-state index >= 15 is 0 Å². The van der Waals surface area contributed by atoms with Gasteiger partial charge in [-0.2, -0.15) is 0 Å². The van der Waals surface area contributed by atoms with Gasteiger partial charge in [-0.1, -0.05) is 52.5 Å². The van der Waals surface area contributed by atoms with Crippen molar-refractivity contribution in [3.05, 3.63) is 80.8 Å². The fourth-order valence-corrected chi connectivity index (χ4v) is 4.57. The molecule has 0 saturated carbocycles. The Kier molecular flexibility index (Phi) is 7.34. The van der Waals surface area contributed by atoms with Crippen molar-refractivity contribution in [2.75, 3.05) is 15.4 Å². The van der Waals surface area contributed by atoms with Crippen molar-refractivity contribution in [1.82, 2.24) is 0 Å². The molecule has 0 aliphatic heterocycles. The molecule has 0 aliphatic carbocycles. The maximum absolute atomic E-state index is 12.6. The first kappa shape index (κ1) is 22.9. The minimum atomic E-state index is -3.83. The summed E-state index contributed by atoms with van der Waals surface area (Å²) in [7, 11) is -3.83. The Morgan fingerprint density at radius 3 is 2.07 bits per heavy atom. The number of hydrogen-bond donors (Lipinski definition) is 3. The molecule has 0 bridgehead atoms. The molecular formula is C19H13Cl4N3O2S2. The van der Waals surface area contributed by atoms with Crippen molar-refractivity contribution < 1.29 is 8.42 Å². The van der Waals surface area contributed by atoms with Crippen LogP contribution in [0.3, 0.4) is 0 Å². The van der Waals surface area contributed by atoms with Crippen LogP contribution in [0.25, 0.3) is 0 Å². The summed E-state index contributed by atoms with van der Waals surface area (Å²) >= 11 is 29.2.